The Hall–Kier alpha value is -7.84. The summed E-state index contributed by atoms with van der Waals surface area (Å²) >= 11 is 83.1. The highest BCUT2D eigenvalue weighted by Crippen LogP contribution is 2.45. The topological polar surface area (TPSA) is 250 Å². The number of benzene rings is 10. The molecule has 0 unspecified atom stereocenters. The van der Waals surface area contributed by atoms with Gasteiger partial charge in [0.05, 0.1) is 104 Å². The normalized spacial score (nSPS) is 9.45. The minimum absolute atomic E-state index is 0. The summed E-state index contributed by atoms with van der Waals surface area (Å²) in [5.41, 5.74) is 6.28. The third-order valence-corrected chi connectivity index (χ3v) is 30.6. The summed E-state index contributed by atoms with van der Waals surface area (Å²) in [7, 11) is 2.67. The van der Waals surface area contributed by atoms with Gasteiger partial charge < -0.3 is 33.9 Å². The van der Waals surface area contributed by atoms with E-state index in [-0.39, 0.29) is 66.0 Å². The van der Waals surface area contributed by atoms with Gasteiger partial charge in [-0.3, -0.25) is 4.79 Å². The van der Waals surface area contributed by atoms with E-state index in [0.29, 0.717) is 131 Å². The van der Waals surface area contributed by atoms with E-state index in [4.69, 9.17) is 139 Å². The van der Waals surface area contributed by atoms with E-state index < -0.39 is 17.9 Å². The maximum Gasteiger partial charge on any atom is 0.339 e. The molecule has 772 valence electrons. The fourth-order valence-corrected chi connectivity index (χ4v) is 22.0. The molecule has 145 heavy (non-hydrogen) atoms. The number of methoxy groups -OCH3 is 2. The van der Waals surface area contributed by atoms with Gasteiger partial charge in [-0.2, -0.15) is 21.0 Å². The minimum atomic E-state index is -1.01. The molecule has 12 aromatic rings. The van der Waals surface area contributed by atoms with Gasteiger partial charge in [-0.1, -0.05) is 259 Å². The maximum absolute atomic E-state index is 11.7. The molecule has 0 amide bonds. The molecular formula is C109H110Br7Cl7N4O11S7. The van der Waals surface area contributed by atoms with Gasteiger partial charge in [-0.05, 0) is 312 Å². The lowest BCUT2D eigenvalue weighted by Crippen LogP contribution is -2.05. The van der Waals surface area contributed by atoms with E-state index in [1.807, 2.05) is 177 Å². The third-order valence-electron chi connectivity index (χ3n) is 16.8. The van der Waals surface area contributed by atoms with Crippen molar-refractivity contribution in [3.05, 3.63) is 377 Å². The van der Waals surface area contributed by atoms with E-state index in [0.717, 1.165) is 116 Å². The van der Waals surface area contributed by atoms with E-state index in [1.54, 1.807) is 102 Å². The summed E-state index contributed by atoms with van der Waals surface area (Å²) < 4.78 is 32.8. The van der Waals surface area contributed by atoms with Crippen molar-refractivity contribution in [2.45, 2.75) is 133 Å². The number of allylic oxidation sites excluding steroid dienone is 6. The van der Waals surface area contributed by atoms with Crippen LogP contribution >= 0.6 is 275 Å². The summed E-state index contributed by atoms with van der Waals surface area (Å²) in [6.45, 7) is 33.6. The zero-order chi connectivity index (χ0) is 104. The lowest BCUT2D eigenvalue weighted by Gasteiger charge is -2.13. The quantitative estimate of drug-likeness (QED) is 0.0247. The monoisotopic (exact) mass is 2670 g/mol. The molecule has 2 aromatic heterocycles. The molecule has 0 aliphatic carbocycles. The van der Waals surface area contributed by atoms with Crippen LogP contribution in [0.2, 0.25) is 35.2 Å². The molecule has 0 fully saturated rings. The predicted octanol–water partition coefficient (Wildman–Crippen LogP) is 41.3. The maximum atomic E-state index is 11.7. The van der Waals surface area contributed by atoms with Gasteiger partial charge in [0.1, 0.15) is 53.0 Å². The second-order valence-corrected chi connectivity index (χ2v) is 41.9. The van der Waals surface area contributed by atoms with Gasteiger partial charge >= 0.3 is 17.9 Å². The number of nitrogens with zero attached hydrogens (tertiary/aromatic N) is 4. The number of carboxylic acid groups (broad SMARTS) is 1. The molecule has 0 atom stereocenters. The molecular weight excluding hydrogens is 2570 g/mol. The Morgan fingerprint density at radius 2 is 0.786 bits per heavy atom. The van der Waals surface area contributed by atoms with Crippen molar-refractivity contribution in [2.75, 3.05) is 26.6 Å². The highest BCUT2D eigenvalue weighted by atomic mass is 79.9. The summed E-state index contributed by atoms with van der Waals surface area (Å²) in [5, 5.41) is 64.7. The SMILES string of the molecule is C.C.C.C.C.C.C=CCSc1c(Br)cc(C#N)c(Cl)c1CC=C.C=CCc1c(Cl)c(C#N)cc(Br)c1OC(C)=S.C=CCc1c(Cl)c(C#N)cc(Br)c1SC(C)=O.C=CCc1c(Cl)c(C(=O)OC)cc(Br)c1SC=CC.C=CCc1c(O)c(Br)cc(C#N)c1Cl.CC(C)=S.CCOc1ccccc1.COC(=O)c1cc(Br)c2sccc2c1Cl.O=C(O)c1cc(Br)c2sccc2c1Cl.c1ccc(Oc2ccccc2)cc1. The number of phenolic OH excluding ortho intramolecular Hbond substituents is 1. The van der Waals surface area contributed by atoms with E-state index in [1.165, 1.54) is 44.6 Å². The number of thioether (sulfide) groups is 3. The van der Waals surface area contributed by atoms with Crippen LogP contribution in [0.5, 0.6) is 28.7 Å². The summed E-state index contributed by atoms with van der Waals surface area (Å²) in [6, 6.07) is 52.5. The molecule has 36 heteroatoms. The first-order valence-electron chi connectivity index (χ1n) is 40.0. The largest absolute Gasteiger partial charge is 0.506 e. The number of hydrogen-bond donors (Lipinski definition) is 2. The van der Waals surface area contributed by atoms with Crippen LogP contribution in [0.3, 0.4) is 0 Å². The van der Waals surface area contributed by atoms with Crippen LogP contribution in [0.4, 0.5) is 0 Å². The summed E-state index contributed by atoms with van der Waals surface area (Å²) in [4.78, 5) is 48.9. The van der Waals surface area contributed by atoms with Crippen LogP contribution in [-0.2, 0) is 46.4 Å². The smallest absolute Gasteiger partial charge is 0.339 e. The number of thiocarbonyl (C=S) groups is 2. The number of halogens is 14. The Morgan fingerprint density at radius 3 is 1.17 bits per heavy atom. The Balaban J connectivity index is -0.000000766. The van der Waals surface area contributed by atoms with Crippen LogP contribution in [0, 0.1) is 45.3 Å². The molecule has 0 spiro atoms. The van der Waals surface area contributed by atoms with Crippen molar-refractivity contribution in [3.63, 3.8) is 0 Å². The number of para-hydroxylation sites is 3. The van der Waals surface area contributed by atoms with Crippen molar-refractivity contribution < 1.29 is 53.1 Å². The number of nitriles is 4. The summed E-state index contributed by atoms with van der Waals surface area (Å²) in [5.74, 6) is 2.21. The van der Waals surface area contributed by atoms with Gasteiger partial charge in [0, 0.05) is 87.9 Å². The van der Waals surface area contributed by atoms with Crippen LogP contribution in [-0.4, -0.2) is 69.7 Å². The highest BCUT2D eigenvalue weighted by Gasteiger charge is 2.24. The number of aromatic carboxylic acids is 1. The van der Waals surface area contributed by atoms with Gasteiger partial charge in [0.25, 0.3) is 0 Å². The highest BCUT2D eigenvalue weighted by molar-refractivity contribution is 9.11. The molecule has 12 rings (SSSR count). The second kappa shape index (κ2) is 77.5. The van der Waals surface area contributed by atoms with Crippen molar-refractivity contribution in [1.29, 1.82) is 21.0 Å². The lowest BCUT2D eigenvalue weighted by atomic mass is 10.1. The molecule has 15 nitrogen and oxygen atoms in total. The molecule has 0 saturated heterocycles. The fourth-order valence-electron chi connectivity index (χ4n) is 11.0. The number of phenols is 1. The van der Waals surface area contributed by atoms with E-state index in [2.05, 4.69) is 174 Å². The number of carbonyl (C=O) groups excluding carboxylic acids is 3. The Kier molecular flexibility index (Phi) is 76.6. The van der Waals surface area contributed by atoms with E-state index in [9.17, 15) is 24.3 Å². The first-order chi connectivity index (χ1) is 66.2. The Bertz CT molecular complexity index is 6480. The Morgan fingerprint density at radius 1 is 0.448 bits per heavy atom. The van der Waals surface area contributed by atoms with Crippen LogP contribution in [0.25, 0.3) is 20.2 Å². The lowest BCUT2D eigenvalue weighted by molar-refractivity contribution is -0.109. The summed E-state index contributed by atoms with van der Waals surface area (Å²) in [6.07, 6.45) is 15.0. The van der Waals surface area contributed by atoms with Crippen LogP contribution in [0.15, 0.2) is 290 Å². The molecule has 0 saturated carbocycles. The molecule has 0 radical (unpaired) electrons. The van der Waals surface area contributed by atoms with Crippen molar-refractivity contribution in [3.8, 4) is 53.0 Å². The zero-order valence-corrected chi connectivity index (χ0v) is 97.4. The van der Waals surface area contributed by atoms with Gasteiger partial charge in [-0.15, -0.1) is 73.9 Å². The standard InChI is InChI=1S/C14H14BrClO2S.C13H11BrClNS.2C12H9BrClNOS.C12H10O.C10H7BrClNO.C10H6BrClO2S.C9H4BrClO2S.C8H10O.C3H6S.6CH4/c1-4-6-9-12(16)10(14(17)18-3)8-11(15)13(9)19-7-5-2;1-3-5-10-12(15)9(8-16)7-11(14)13(10)17-6-4-2;1-3-4-9-11(14)8(6-15)5-10(13)12(9)17-7(2)16;1-3-4-9-11(14)8(6-15)5-10(13)12(9)16-7(2)17;1-3-7-11(8-4-1)13-12-9-5-2-6-10-12;1-2-3-7-9(12)6(5-13)4-8(11)10(7)14;1-14-10(13)6-4-7(11)9-5(8(6)12)2-3-15-9;10-6-3-5(9(12)13)7(11)4-1-2-14-8(4)6;1-2-9-8-6-4-3-5-7-8;1-3(2)4;;;;;;/h4-5,7-8H,1,6H2,2-3H3;3-4,7H,1-2,5-6H2;2*3,5H,1,4H2,2H3;1-10H;2,4,14H,1,3H2;2-4H,1H3;1-3H,(H,12,13);3-7H,2H2,1H3;1-2H3;6*1H4. The predicted molar refractivity (Wildman–Crippen MR) is 656 cm³/mol. The zero-order valence-electron chi connectivity index (χ0n) is 75.3. The molecule has 0 bridgehead atoms. The van der Waals surface area contributed by atoms with Crippen LogP contribution in [0.1, 0.15) is 167 Å². The van der Waals surface area contributed by atoms with Crippen LogP contribution < -0.4 is 14.2 Å². The van der Waals surface area contributed by atoms with Crippen molar-refractivity contribution in [2.24, 2.45) is 0 Å². The average Bonchev–Trinajstić information content (AvgIpc) is 1.39. The number of hydrogen-bond acceptors (Lipinski definition) is 21. The average molecular weight is 2680 g/mol. The number of aromatic hydroxyl groups is 1. The van der Waals surface area contributed by atoms with Crippen molar-refractivity contribution >= 4 is 328 Å². The Labute approximate surface area is 980 Å². The number of rotatable bonds is 24. The number of carboxylic acids is 1. The van der Waals surface area contributed by atoms with Crippen molar-refractivity contribution in [1.82, 2.24) is 0 Å². The number of thiophene rings is 2. The molecule has 10 aromatic carbocycles. The fraction of sp³-hybridized carbons (Fsp3) is 0.193. The molecule has 2 N–H and O–H groups in total. The number of ether oxygens (including phenoxy) is 5. The first-order valence-corrected chi connectivity index (χ1v) is 53.5. The minimum Gasteiger partial charge on any atom is -0.506 e. The van der Waals surface area contributed by atoms with Gasteiger partial charge in [-0.25, -0.2) is 14.4 Å². The number of carbonyl (C=O) groups is 4. The van der Waals surface area contributed by atoms with Gasteiger partial charge in [0.15, 0.2) is 10.2 Å². The number of fused-ring (bicyclic) bond motifs is 2. The molecule has 0 aliphatic rings. The number of esters is 2. The third kappa shape index (κ3) is 46.3. The second-order valence-electron chi connectivity index (χ2n) is 26.9. The molecule has 0 aliphatic heterocycles. The van der Waals surface area contributed by atoms with Gasteiger partial charge in [0.2, 0.25) is 0 Å². The first kappa shape index (κ1) is 143. The van der Waals surface area contributed by atoms with E-state index >= 15 is 0 Å². The molecule has 2 heterocycles.